The van der Waals surface area contributed by atoms with Crippen LogP contribution in [-0.4, -0.2) is 31.5 Å². The molecule has 130 valence electrons. The Labute approximate surface area is 140 Å². The Hall–Kier alpha value is -2.73. The highest BCUT2D eigenvalue weighted by atomic mass is 16.4. The second-order valence-electron chi connectivity index (χ2n) is 5.24. The number of carboxylic acid groups (broad SMARTS) is 1. The maximum Gasteiger partial charge on any atom is 0.335 e. The molecule has 0 radical (unpaired) electrons. The molecule has 5 N–H and O–H groups in total. The van der Waals surface area contributed by atoms with Gasteiger partial charge in [-0.2, -0.15) is 0 Å². The van der Waals surface area contributed by atoms with E-state index in [-0.39, 0.29) is 11.7 Å². The van der Waals surface area contributed by atoms with Gasteiger partial charge in [-0.05, 0) is 24.1 Å². The van der Waals surface area contributed by atoms with Crippen LogP contribution < -0.4 is 0 Å². The summed E-state index contributed by atoms with van der Waals surface area (Å²) < 4.78 is 0. The number of phenolic OH excluding ortho intramolecular Hbond substituents is 3. The van der Waals surface area contributed by atoms with Crippen molar-refractivity contribution in [3.63, 3.8) is 0 Å². The maximum atomic E-state index is 10.3. The van der Waals surface area contributed by atoms with E-state index in [0.29, 0.717) is 0 Å². The fourth-order valence-electron chi connectivity index (χ4n) is 1.97. The average molecular weight is 334 g/mol. The molecule has 0 saturated heterocycles. The molecule has 0 amide bonds. The number of aromatic hydroxyl groups is 3. The molecule has 1 atom stereocenters. The first-order valence-corrected chi connectivity index (χ1v) is 7.58. The van der Waals surface area contributed by atoms with Crippen molar-refractivity contribution in [3.8, 4) is 17.2 Å². The lowest BCUT2D eigenvalue weighted by Gasteiger charge is -2.09. The van der Waals surface area contributed by atoms with E-state index in [1.54, 1.807) is 0 Å². The molecule has 1 unspecified atom stereocenters. The van der Waals surface area contributed by atoms with Gasteiger partial charge in [0.2, 0.25) is 0 Å². The molecule has 0 aliphatic heterocycles. The summed E-state index contributed by atoms with van der Waals surface area (Å²) in [4.78, 5) is 10.3. The van der Waals surface area contributed by atoms with Gasteiger partial charge in [-0.15, -0.1) is 0 Å². The van der Waals surface area contributed by atoms with Gasteiger partial charge in [-0.3, -0.25) is 0 Å². The zero-order valence-electron chi connectivity index (χ0n) is 13.4. The average Bonchev–Trinajstić information content (AvgIpc) is 2.58. The molecule has 0 fully saturated rings. The van der Waals surface area contributed by atoms with Crippen LogP contribution in [0.15, 0.2) is 42.5 Å². The number of hydrogen-bond donors (Lipinski definition) is 5. The summed E-state index contributed by atoms with van der Waals surface area (Å²) >= 11 is 0. The third-order valence-corrected chi connectivity index (χ3v) is 3.33. The van der Waals surface area contributed by atoms with Crippen LogP contribution in [0.25, 0.3) is 0 Å². The summed E-state index contributed by atoms with van der Waals surface area (Å²) in [6.45, 7) is 2.14. The van der Waals surface area contributed by atoms with Gasteiger partial charge in [-0.1, -0.05) is 50.1 Å². The standard InChI is InChI=1S/C11H16O.C7H6O5/c1-2-3-9-11(12)10-7-5-4-6-8-10;8-4-1-3(7(11)12)2-5(9)6(4)10/h4-8,11-12H,2-3,9H2,1H3;1-2,8-10H,(H,11,12). The highest BCUT2D eigenvalue weighted by Crippen LogP contribution is 2.35. The van der Waals surface area contributed by atoms with Crippen molar-refractivity contribution in [2.75, 3.05) is 0 Å². The number of rotatable bonds is 5. The zero-order chi connectivity index (χ0) is 18.1. The number of carbonyl (C=O) groups is 1. The lowest BCUT2D eigenvalue weighted by Crippen LogP contribution is -1.95. The summed E-state index contributed by atoms with van der Waals surface area (Å²) in [5.74, 6) is -3.33. The number of unbranched alkanes of at least 4 members (excludes halogenated alkanes) is 1. The molecule has 2 rings (SSSR count). The maximum absolute atomic E-state index is 10.3. The van der Waals surface area contributed by atoms with Gasteiger partial charge in [0.1, 0.15) is 0 Å². The number of carboxylic acids is 1. The van der Waals surface area contributed by atoms with E-state index in [1.165, 1.54) is 0 Å². The van der Waals surface area contributed by atoms with Crippen molar-refractivity contribution in [1.82, 2.24) is 0 Å². The molecule has 6 nitrogen and oxygen atoms in total. The first kappa shape index (κ1) is 19.3. The fraction of sp³-hybridized carbons (Fsp3) is 0.278. The van der Waals surface area contributed by atoms with Crippen LogP contribution in [0.3, 0.4) is 0 Å². The van der Waals surface area contributed by atoms with Crippen LogP contribution in [0.5, 0.6) is 17.2 Å². The van der Waals surface area contributed by atoms with Gasteiger partial charge < -0.3 is 25.5 Å². The topological polar surface area (TPSA) is 118 Å². The molecule has 0 spiro atoms. The van der Waals surface area contributed by atoms with Crippen molar-refractivity contribution in [1.29, 1.82) is 0 Å². The van der Waals surface area contributed by atoms with E-state index in [1.807, 2.05) is 30.3 Å². The van der Waals surface area contributed by atoms with Crippen LogP contribution in [0.4, 0.5) is 0 Å². The largest absolute Gasteiger partial charge is 0.504 e. The van der Waals surface area contributed by atoms with E-state index < -0.39 is 23.2 Å². The predicted octanol–water partition coefficient (Wildman–Crippen LogP) is 3.41. The summed E-state index contributed by atoms with van der Waals surface area (Å²) in [5.41, 5.74) is 0.744. The minimum atomic E-state index is -1.29. The van der Waals surface area contributed by atoms with E-state index in [2.05, 4.69) is 6.92 Å². The molecule has 0 saturated carbocycles. The summed E-state index contributed by atoms with van der Waals surface area (Å²) in [7, 11) is 0. The predicted molar refractivity (Wildman–Crippen MR) is 89.3 cm³/mol. The number of aliphatic hydroxyl groups excluding tert-OH is 1. The number of aliphatic hydroxyl groups is 1. The number of aromatic carboxylic acids is 1. The molecule has 0 bridgehead atoms. The highest BCUT2D eigenvalue weighted by Gasteiger charge is 2.11. The van der Waals surface area contributed by atoms with Crippen LogP contribution in [-0.2, 0) is 0 Å². The quantitative estimate of drug-likeness (QED) is 0.535. The molecule has 2 aromatic carbocycles. The molecule has 24 heavy (non-hydrogen) atoms. The molecule has 0 aliphatic carbocycles. The molecular formula is C18H22O6. The van der Waals surface area contributed by atoms with Crippen LogP contribution >= 0.6 is 0 Å². The lowest BCUT2D eigenvalue weighted by molar-refractivity contribution is 0.0696. The third-order valence-electron chi connectivity index (χ3n) is 3.33. The smallest absolute Gasteiger partial charge is 0.335 e. The van der Waals surface area contributed by atoms with Gasteiger partial charge in [-0.25, -0.2) is 4.79 Å². The van der Waals surface area contributed by atoms with Crippen molar-refractivity contribution >= 4 is 5.97 Å². The summed E-state index contributed by atoms with van der Waals surface area (Å²) in [6, 6.07) is 11.5. The normalized spacial score (nSPS) is 11.2. The molecule has 2 aromatic rings. The Morgan fingerprint density at radius 2 is 1.58 bits per heavy atom. The summed E-state index contributed by atoms with van der Waals surface area (Å²) in [6.07, 6.45) is 2.84. The van der Waals surface area contributed by atoms with Crippen LogP contribution in [0.2, 0.25) is 0 Å². The minimum absolute atomic E-state index is 0.272. The molecular weight excluding hydrogens is 312 g/mol. The SMILES string of the molecule is CCCCC(O)c1ccccc1.O=C(O)c1cc(O)c(O)c(O)c1. The van der Waals surface area contributed by atoms with Gasteiger partial charge in [0.05, 0.1) is 11.7 Å². The Morgan fingerprint density at radius 3 is 2.04 bits per heavy atom. The third kappa shape index (κ3) is 5.81. The Kier molecular flexibility index (Phi) is 7.58. The van der Waals surface area contributed by atoms with Crippen LogP contribution in [0.1, 0.15) is 48.2 Å². The zero-order valence-corrected chi connectivity index (χ0v) is 13.4. The fourth-order valence-corrected chi connectivity index (χ4v) is 1.97. The van der Waals surface area contributed by atoms with Crippen molar-refractivity contribution in [2.45, 2.75) is 32.3 Å². The Balaban J connectivity index is 0.000000240. The van der Waals surface area contributed by atoms with E-state index in [0.717, 1.165) is 37.0 Å². The second-order valence-corrected chi connectivity index (χ2v) is 5.24. The van der Waals surface area contributed by atoms with Gasteiger partial charge in [0, 0.05) is 0 Å². The monoisotopic (exact) mass is 334 g/mol. The van der Waals surface area contributed by atoms with E-state index in [9.17, 15) is 9.90 Å². The van der Waals surface area contributed by atoms with Gasteiger partial charge >= 0.3 is 5.97 Å². The van der Waals surface area contributed by atoms with Crippen molar-refractivity contribution < 1.29 is 30.3 Å². The van der Waals surface area contributed by atoms with Crippen molar-refractivity contribution in [3.05, 3.63) is 53.6 Å². The van der Waals surface area contributed by atoms with Crippen LogP contribution in [0, 0.1) is 0 Å². The summed E-state index contributed by atoms with van der Waals surface area (Å²) in [5, 5.41) is 44.6. The number of benzene rings is 2. The second kappa shape index (κ2) is 9.42. The molecule has 0 aromatic heterocycles. The Morgan fingerprint density at radius 1 is 1.04 bits per heavy atom. The molecule has 0 aliphatic rings. The first-order chi connectivity index (χ1) is 11.4. The molecule has 6 heteroatoms. The van der Waals surface area contributed by atoms with E-state index in [4.69, 9.17) is 20.4 Å². The number of phenols is 3. The van der Waals surface area contributed by atoms with Gasteiger partial charge in [0.25, 0.3) is 0 Å². The highest BCUT2D eigenvalue weighted by molar-refractivity contribution is 5.89. The number of hydrogen-bond acceptors (Lipinski definition) is 5. The molecule has 0 heterocycles. The minimum Gasteiger partial charge on any atom is -0.504 e. The van der Waals surface area contributed by atoms with Gasteiger partial charge in [0.15, 0.2) is 17.2 Å². The Bertz CT molecular complexity index is 631. The first-order valence-electron chi connectivity index (χ1n) is 7.58. The lowest BCUT2D eigenvalue weighted by atomic mass is 10.0. The van der Waals surface area contributed by atoms with Crippen molar-refractivity contribution in [2.24, 2.45) is 0 Å². The van der Waals surface area contributed by atoms with E-state index >= 15 is 0 Å².